The highest BCUT2D eigenvalue weighted by molar-refractivity contribution is 6.21. The van der Waals surface area contributed by atoms with Crippen molar-refractivity contribution in [3.8, 4) is 62.5 Å². The van der Waals surface area contributed by atoms with Gasteiger partial charge in [-0.2, -0.15) is 5.26 Å². The summed E-state index contributed by atoms with van der Waals surface area (Å²) in [5, 5.41) is 14.2. The normalized spacial score (nSPS) is 11.0. The predicted molar refractivity (Wildman–Crippen MR) is 187 cm³/mol. The van der Waals surface area contributed by atoms with Crippen LogP contribution in [-0.2, 0) is 0 Å². The Morgan fingerprint density at radius 2 is 0.717 bits per heavy atom. The molecule has 1 heterocycles. The van der Waals surface area contributed by atoms with E-state index in [-0.39, 0.29) is 0 Å². The Morgan fingerprint density at radius 3 is 1.17 bits per heavy atom. The van der Waals surface area contributed by atoms with Crippen molar-refractivity contribution in [1.82, 2.24) is 15.0 Å². The SMILES string of the molecule is N#Cc1cccc(-c2c3ccccc3c(-c3ccc(-c4nc(-c5ccccc5)nc(-c5ccccc5)n4)cc3)c3ccccc23)c1. The smallest absolute Gasteiger partial charge is 0.164 e. The molecule has 0 radical (unpaired) electrons. The molecule has 0 unspecified atom stereocenters. The number of rotatable bonds is 5. The van der Waals surface area contributed by atoms with E-state index in [1.54, 1.807) is 0 Å². The maximum Gasteiger partial charge on any atom is 0.164 e. The Labute approximate surface area is 266 Å². The zero-order valence-electron chi connectivity index (χ0n) is 24.8. The van der Waals surface area contributed by atoms with Gasteiger partial charge in [-0.05, 0) is 55.9 Å². The first kappa shape index (κ1) is 27.1. The van der Waals surface area contributed by atoms with Crippen LogP contribution in [0.25, 0.3) is 78.0 Å². The first-order valence-electron chi connectivity index (χ1n) is 15.2. The lowest BCUT2D eigenvalue weighted by atomic mass is 9.85. The van der Waals surface area contributed by atoms with E-state index >= 15 is 0 Å². The van der Waals surface area contributed by atoms with Crippen LogP contribution in [0.2, 0.25) is 0 Å². The summed E-state index contributed by atoms with van der Waals surface area (Å²) >= 11 is 0. The van der Waals surface area contributed by atoms with Crippen LogP contribution < -0.4 is 0 Å². The first-order chi connectivity index (χ1) is 22.8. The number of nitrogens with zero attached hydrogens (tertiary/aromatic N) is 4. The van der Waals surface area contributed by atoms with Gasteiger partial charge >= 0.3 is 0 Å². The molecule has 0 bridgehead atoms. The topological polar surface area (TPSA) is 62.5 Å². The third-order valence-electron chi connectivity index (χ3n) is 8.34. The van der Waals surface area contributed by atoms with Gasteiger partial charge < -0.3 is 0 Å². The Kier molecular flexibility index (Phi) is 6.83. The lowest BCUT2D eigenvalue weighted by Crippen LogP contribution is -2.00. The van der Waals surface area contributed by atoms with Crippen molar-refractivity contribution in [1.29, 1.82) is 5.26 Å². The average molecular weight is 587 g/mol. The van der Waals surface area contributed by atoms with Crippen LogP contribution in [0, 0.1) is 11.3 Å². The van der Waals surface area contributed by atoms with E-state index in [1.165, 1.54) is 5.56 Å². The average Bonchev–Trinajstić information content (AvgIpc) is 3.14. The fourth-order valence-electron chi connectivity index (χ4n) is 6.22. The zero-order chi connectivity index (χ0) is 30.9. The van der Waals surface area contributed by atoms with E-state index < -0.39 is 0 Å². The highest BCUT2D eigenvalue weighted by Crippen LogP contribution is 2.44. The Hall–Kier alpha value is -6.44. The molecule has 0 aliphatic heterocycles. The Morgan fingerprint density at radius 1 is 0.348 bits per heavy atom. The fraction of sp³-hybridized carbons (Fsp3) is 0. The maximum absolute atomic E-state index is 9.62. The summed E-state index contributed by atoms with van der Waals surface area (Å²) in [6.07, 6.45) is 0. The lowest BCUT2D eigenvalue weighted by molar-refractivity contribution is 1.07. The fourth-order valence-corrected chi connectivity index (χ4v) is 6.22. The minimum atomic E-state index is 0.627. The van der Waals surface area contributed by atoms with Crippen molar-refractivity contribution in [3.05, 3.63) is 163 Å². The second-order valence-corrected chi connectivity index (χ2v) is 11.1. The summed E-state index contributed by atoms with van der Waals surface area (Å²) in [5.41, 5.74) is 7.89. The highest BCUT2D eigenvalue weighted by Gasteiger charge is 2.17. The summed E-state index contributed by atoms with van der Waals surface area (Å²) in [6, 6.07) is 55.8. The molecular weight excluding hydrogens is 560 g/mol. The van der Waals surface area contributed by atoms with Crippen molar-refractivity contribution in [2.45, 2.75) is 0 Å². The van der Waals surface area contributed by atoms with Gasteiger partial charge in [-0.3, -0.25) is 0 Å². The second kappa shape index (κ2) is 11.6. The van der Waals surface area contributed by atoms with Gasteiger partial charge in [-0.15, -0.1) is 0 Å². The van der Waals surface area contributed by atoms with Gasteiger partial charge in [0.05, 0.1) is 11.6 Å². The van der Waals surface area contributed by atoms with Gasteiger partial charge in [0.2, 0.25) is 0 Å². The molecule has 4 heteroatoms. The van der Waals surface area contributed by atoms with Crippen LogP contribution in [0.5, 0.6) is 0 Å². The molecule has 214 valence electrons. The number of fused-ring (bicyclic) bond motifs is 2. The van der Waals surface area contributed by atoms with E-state index in [0.29, 0.717) is 23.0 Å². The number of aromatic nitrogens is 3. The van der Waals surface area contributed by atoms with Gasteiger partial charge in [0.1, 0.15) is 0 Å². The molecule has 0 saturated carbocycles. The molecule has 0 spiro atoms. The molecule has 4 nitrogen and oxygen atoms in total. The van der Waals surface area contributed by atoms with Crippen molar-refractivity contribution in [2.75, 3.05) is 0 Å². The van der Waals surface area contributed by atoms with Gasteiger partial charge in [0.15, 0.2) is 17.5 Å². The van der Waals surface area contributed by atoms with Crippen LogP contribution in [0.1, 0.15) is 5.56 Å². The number of hydrogen-bond acceptors (Lipinski definition) is 4. The zero-order valence-corrected chi connectivity index (χ0v) is 24.8. The lowest BCUT2D eigenvalue weighted by Gasteiger charge is -2.18. The molecule has 46 heavy (non-hydrogen) atoms. The molecular formula is C42H26N4. The van der Waals surface area contributed by atoms with Crippen LogP contribution in [0.4, 0.5) is 0 Å². The van der Waals surface area contributed by atoms with Crippen molar-refractivity contribution < 1.29 is 0 Å². The molecule has 0 saturated heterocycles. The number of hydrogen-bond donors (Lipinski definition) is 0. The molecule has 0 aliphatic carbocycles. The van der Waals surface area contributed by atoms with E-state index in [9.17, 15) is 5.26 Å². The molecule has 0 fully saturated rings. The van der Waals surface area contributed by atoms with E-state index in [0.717, 1.165) is 54.9 Å². The quantitative estimate of drug-likeness (QED) is 0.188. The van der Waals surface area contributed by atoms with Gasteiger partial charge in [0.25, 0.3) is 0 Å². The van der Waals surface area contributed by atoms with Crippen LogP contribution in [-0.4, -0.2) is 15.0 Å². The molecule has 8 rings (SSSR count). The standard InChI is InChI=1S/C42H26N4/c43-27-28-12-11-17-33(26-28)39-36-20-9-7-18-34(36)38(35-19-8-10-21-37(35)39)29-22-24-32(25-23-29)42-45-40(30-13-3-1-4-14-30)44-41(46-42)31-15-5-2-6-16-31/h1-26H. The third-order valence-corrected chi connectivity index (χ3v) is 8.34. The van der Waals surface area contributed by atoms with Gasteiger partial charge in [-0.1, -0.05) is 146 Å². The first-order valence-corrected chi connectivity index (χ1v) is 15.2. The molecule has 1 aromatic heterocycles. The summed E-state index contributed by atoms with van der Waals surface area (Å²) in [7, 11) is 0. The van der Waals surface area contributed by atoms with E-state index in [1.807, 2.05) is 78.9 Å². The molecule has 7 aromatic carbocycles. The van der Waals surface area contributed by atoms with Gasteiger partial charge in [-0.25, -0.2) is 15.0 Å². The molecule has 0 N–H and O–H groups in total. The monoisotopic (exact) mass is 586 g/mol. The van der Waals surface area contributed by atoms with Crippen molar-refractivity contribution >= 4 is 21.5 Å². The Balaban J connectivity index is 1.30. The number of nitriles is 1. The minimum Gasteiger partial charge on any atom is -0.208 e. The third kappa shape index (κ3) is 4.87. The van der Waals surface area contributed by atoms with Gasteiger partial charge in [0, 0.05) is 16.7 Å². The highest BCUT2D eigenvalue weighted by atomic mass is 15.0. The van der Waals surface area contributed by atoms with E-state index in [2.05, 4.69) is 84.9 Å². The molecule has 0 amide bonds. The predicted octanol–water partition coefficient (Wildman–Crippen LogP) is 10.4. The van der Waals surface area contributed by atoms with Crippen LogP contribution in [0.15, 0.2) is 158 Å². The maximum atomic E-state index is 9.62. The van der Waals surface area contributed by atoms with Crippen LogP contribution in [0.3, 0.4) is 0 Å². The molecule has 0 aliphatic rings. The van der Waals surface area contributed by atoms with Crippen molar-refractivity contribution in [2.24, 2.45) is 0 Å². The molecule has 0 atom stereocenters. The van der Waals surface area contributed by atoms with Crippen molar-refractivity contribution in [3.63, 3.8) is 0 Å². The Bertz CT molecular complexity index is 2290. The summed E-state index contributed by atoms with van der Waals surface area (Å²) in [5.74, 6) is 1.91. The summed E-state index contributed by atoms with van der Waals surface area (Å²) in [6.45, 7) is 0. The number of benzene rings is 7. The summed E-state index contributed by atoms with van der Waals surface area (Å²) < 4.78 is 0. The molecule has 8 aromatic rings. The minimum absolute atomic E-state index is 0.627. The summed E-state index contributed by atoms with van der Waals surface area (Å²) in [4.78, 5) is 14.7. The largest absolute Gasteiger partial charge is 0.208 e. The van der Waals surface area contributed by atoms with Crippen LogP contribution >= 0.6 is 0 Å². The second-order valence-electron chi connectivity index (χ2n) is 11.1. The van der Waals surface area contributed by atoms with E-state index in [4.69, 9.17) is 15.0 Å².